The predicted molar refractivity (Wildman–Crippen MR) is 85.4 cm³/mol. The lowest BCUT2D eigenvalue weighted by atomic mass is 10.2. The molecule has 0 aliphatic rings. The monoisotopic (exact) mass is 301 g/mol. The van der Waals surface area contributed by atoms with Gasteiger partial charge in [-0.05, 0) is 44.5 Å². The van der Waals surface area contributed by atoms with Crippen LogP contribution < -0.4 is 5.32 Å². The number of nitrogens with zero attached hydrogens (tertiary/aromatic N) is 1. The number of nitrogens with one attached hydrogen (secondary N) is 2. The van der Waals surface area contributed by atoms with Gasteiger partial charge in [0.2, 0.25) is 0 Å². The van der Waals surface area contributed by atoms with Crippen LogP contribution in [0.5, 0.6) is 0 Å². The van der Waals surface area contributed by atoms with Crippen LogP contribution in [0.1, 0.15) is 26.6 Å². The third-order valence-electron chi connectivity index (χ3n) is 3.54. The summed E-state index contributed by atoms with van der Waals surface area (Å²) in [6, 6.07) is 6.18. The molecule has 3 heterocycles. The Morgan fingerprint density at radius 2 is 2.10 bits per heavy atom. The summed E-state index contributed by atoms with van der Waals surface area (Å²) in [5, 5.41) is 10.6. The average Bonchev–Trinajstić information content (AvgIpc) is 3.12. The first-order valence-electron chi connectivity index (χ1n) is 6.99. The lowest BCUT2D eigenvalue weighted by molar-refractivity contribution is 0.545. The lowest BCUT2D eigenvalue weighted by Crippen LogP contribution is -2.11. The first-order valence-corrected chi connectivity index (χ1v) is 7.81. The fourth-order valence-corrected chi connectivity index (χ4v) is 3.31. The van der Waals surface area contributed by atoms with E-state index < -0.39 is 0 Å². The quantitative estimate of drug-likeness (QED) is 0.750. The van der Waals surface area contributed by atoms with Crippen molar-refractivity contribution >= 4 is 11.3 Å². The number of rotatable bonds is 5. The van der Waals surface area contributed by atoms with Crippen LogP contribution in [-0.2, 0) is 13.1 Å². The van der Waals surface area contributed by atoms with E-state index in [9.17, 15) is 0 Å². The van der Waals surface area contributed by atoms with Crippen LogP contribution in [0.3, 0.4) is 0 Å². The molecule has 3 aromatic heterocycles. The number of hydrogen-bond acceptors (Lipinski definition) is 4. The van der Waals surface area contributed by atoms with E-state index in [1.807, 2.05) is 36.6 Å². The summed E-state index contributed by atoms with van der Waals surface area (Å²) in [6.45, 7) is 7.90. The molecule has 5 heteroatoms. The standard InChI is InChI=1S/C16H19N3OS/c1-10-6-14(21-12(10)3)9-17-7-13-8-18-19-16(13)15-5-4-11(2)20-15/h4-6,8,17H,7,9H2,1-3H3,(H,18,19). The number of aryl methyl sites for hydroxylation is 3. The number of hydrogen-bond donors (Lipinski definition) is 2. The minimum atomic E-state index is 0.765. The molecule has 0 radical (unpaired) electrons. The predicted octanol–water partition coefficient (Wildman–Crippen LogP) is 3.95. The van der Waals surface area contributed by atoms with Crippen LogP contribution in [0.25, 0.3) is 11.5 Å². The molecule has 0 atom stereocenters. The highest BCUT2D eigenvalue weighted by atomic mass is 32.1. The molecule has 21 heavy (non-hydrogen) atoms. The zero-order valence-electron chi connectivity index (χ0n) is 12.5. The van der Waals surface area contributed by atoms with Crippen molar-refractivity contribution in [1.82, 2.24) is 15.5 Å². The van der Waals surface area contributed by atoms with Gasteiger partial charge in [-0.2, -0.15) is 5.10 Å². The lowest BCUT2D eigenvalue weighted by Gasteiger charge is -2.03. The molecule has 110 valence electrons. The van der Waals surface area contributed by atoms with Crippen LogP contribution in [0.4, 0.5) is 0 Å². The molecule has 0 amide bonds. The van der Waals surface area contributed by atoms with Gasteiger partial charge in [0.05, 0.1) is 6.20 Å². The molecule has 0 bridgehead atoms. The van der Waals surface area contributed by atoms with E-state index >= 15 is 0 Å². The molecular formula is C16H19N3OS. The summed E-state index contributed by atoms with van der Waals surface area (Å²) in [5.74, 6) is 1.74. The Morgan fingerprint density at radius 1 is 1.24 bits per heavy atom. The summed E-state index contributed by atoms with van der Waals surface area (Å²) in [5.41, 5.74) is 3.44. The molecule has 0 spiro atoms. The van der Waals surface area contributed by atoms with Gasteiger partial charge in [-0.3, -0.25) is 5.10 Å². The van der Waals surface area contributed by atoms with Crippen LogP contribution >= 0.6 is 11.3 Å². The van der Waals surface area contributed by atoms with Gasteiger partial charge in [-0.1, -0.05) is 0 Å². The molecule has 0 aromatic carbocycles. The molecular weight excluding hydrogens is 282 g/mol. The molecule has 4 nitrogen and oxygen atoms in total. The second-order valence-corrected chi connectivity index (χ2v) is 6.58. The van der Waals surface area contributed by atoms with E-state index in [1.54, 1.807) is 0 Å². The topological polar surface area (TPSA) is 53.9 Å². The molecule has 0 aliphatic heterocycles. The van der Waals surface area contributed by atoms with Gasteiger partial charge in [0, 0.05) is 28.4 Å². The molecule has 3 aromatic rings. The van der Waals surface area contributed by atoms with Crippen molar-refractivity contribution in [3.63, 3.8) is 0 Å². The Balaban J connectivity index is 1.65. The van der Waals surface area contributed by atoms with Crippen LogP contribution in [-0.4, -0.2) is 10.2 Å². The maximum Gasteiger partial charge on any atom is 0.152 e. The molecule has 3 rings (SSSR count). The molecule has 0 unspecified atom stereocenters. The van der Waals surface area contributed by atoms with Crippen molar-refractivity contribution in [3.05, 3.63) is 51.0 Å². The summed E-state index contributed by atoms with van der Waals surface area (Å²) < 4.78 is 5.66. The van der Waals surface area contributed by atoms with Gasteiger partial charge in [0.15, 0.2) is 5.76 Å². The second kappa shape index (κ2) is 5.87. The SMILES string of the molecule is Cc1ccc(-c2[nH]ncc2CNCc2cc(C)c(C)s2)o1. The molecule has 2 N–H and O–H groups in total. The van der Waals surface area contributed by atoms with Gasteiger partial charge < -0.3 is 9.73 Å². The molecule has 0 aliphatic carbocycles. The van der Waals surface area contributed by atoms with Crippen molar-refractivity contribution in [2.75, 3.05) is 0 Å². The van der Waals surface area contributed by atoms with Gasteiger partial charge in [-0.25, -0.2) is 0 Å². The third-order valence-corrected chi connectivity index (χ3v) is 4.69. The fraction of sp³-hybridized carbons (Fsp3) is 0.312. The maximum atomic E-state index is 5.66. The molecule has 0 saturated carbocycles. The largest absolute Gasteiger partial charge is 0.460 e. The van der Waals surface area contributed by atoms with E-state index in [0.29, 0.717) is 0 Å². The van der Waals surface area contributed by atoms with Crippen molar-refractivity contribution in [1.29, 1.82) is 0 Å². The minimum absolute atomic E-state index is 0.765. The van der Waals surface area contributed by atoms with Gasteiger partial charge in [-0.15, -0.1) is 11.3 Å². The van der Waals surface area contributed by atoms with Crippen LogP contribution in [0.15, 0.2) is 28.8 Å². The van der Waals surface area contributed by atoms with E-state index in [4.69, 9.17) is 4.42 Å². The molecule has 0 saturated heterocycles. The van der Waals surface area contributed by atoms with Gasteiger partial charge in [0.1, 0.15) is 11.5 Å². The Kier molecular flexibility index (Phi) is 3.94. The number of aromatic amines is 1. The van der Waals surface area contributed by atoms with E-state index in [2.05, 4.69) is 35.4 Å². The summed E-state index contributed by atoms with van der Waals surface area (Å²) >= 11 is 1.85. The average molecular weight is 301 g/mol. The van der Waals surface area contributed by atoms with Crippen molar-refractivity contribution in [3.8, 4) is 11.5 Å². The number of thiophene rings is 1. The van der Waals surface area contributed by atoms with Crippen LogP contribution in [0.2, 0.25) is 0 Å². The van der Waals surface area contributed by atoms with E-state index in [-0.39, 0.29) is 0 Å². The summed E-state index contributed by atoms with van der Waals surface area (Å²) in [7, 11) is 0. The smallest absolute Gasteiger partial charge is 0.152 e. The number of aromatic nitrogens is 2. The second-order valence-electron chi connectivity index (χ2n) is 5.24. The molecule has 0 fully saturated rings. The number of furan rings is 1. The Hall–Kier alpha value is -1.85. The van der Waals surface area contributed by atoms with Crippen molar-refractivity contribution in [2.45, 2.75) is 33.9 Å². The number of H-pyrrole nitrogens is 1. The fourth-order valence-electron chi connectivity index (χ4n) is 2.28. The third kappa shape index (κ3) is 3.09. The Labute approximate surface area is 128 Å². The first kappa shape index (κ1) is 14.1. The summed E-state index contributed by atoms with van der Waals surface area (Å²) in [6.07, 6.45) is 1.85. The highest BCUT2D eigenvalue weighted by Gasteiger charge is 2.11. The zero-order valence-corrected chi connectivity index (χ0v) is 13.3. The van der Waals surface area contributed by atoms with Gasteiger partial charge >= 0.3 is 0 Å². The Morgan fingerprint density at radius 3 is 2.76 bits per heavy atom. The van der Waals surface area contributed by atoms with Gasteiger partial charge in [0.25, 0.3) is 0 Å². The highest BCUT2D eigenvalue weighted by molar-refractivity contribution is 7.12. The van der Waals surface area contributed by atoms with Crippen molar-refractivity contribution < 1.29 is 4.42 Å². The van der Waals surface area contributed by atoms with E-state index in [1.165, 1.54) is 15.3 Å². The minimum Gasteiger partial charge on any atom is -0.460 e. The van der Waals surface area contributed by atoms with Crippen LogP contribution in [0, 0.1) is 20.8 Å². The summed E-state index contributed by atoms with van der Waals surface area (Å²) in [4.78, 5) is 2.76. The normalized spacial score (nSPS) is 11.2. The Bertz CT molecular complexity index is 719. The zero-order chi connectivity index (χ0) is 14.8. The first-order chi connectivity index (χ1) is 10.1. The van der Waals surface area contributed by atoms with Crippen molar-refractivity contribution in [2.24, 2.45) is 0 Å². The van der Waals surface area contributed by atoms with E-state index in [0.717, 1.165) is 35.9 Å². The highest BCUT2D eigenvalue weighted by Crippen LogP contribution is 2.24. The maximum absolute atomic E-state index is 5.66.